The number of fused-ring (bicyclic) bond motifs is 18. The van der Waals surface area contributed by atoms with Gasteiger partial charge in [-0.05, 0) is 166 Å². The van der Waals surface area contributed by atoms with Crippen molar-refractivity contribution in [2.24, 2.45) is 0 Å². The second-order valence-corrected chi connectivity index (χ2v) is 21.5. The maximum absolute atomic E-state index is 5.10. The summed E-state index contributed by atoms with van der Waals surface area (Å²) in [4.78, 5) is 12.7. The predicted molar refractivity (Wildman–Crippen MR) is 317 cm³/mol. The van der Waals surface area contributed by atoms with E-state index < -0.39 is 5.41 Å². The lowest BCUT2D eigenvalue weighted by Crippen LogP contribution is -2.32. The second-order valence-electron chi connectivity index (χ2n) is 20.5. The van der Waals surface area contributed by atoms with Gasteiger partial charge in [0.25, 0.3) is 0 Å². The third-order valence-electron chi connectivity index (χ3n) is 16.6. The molecule has 5 nitrogen and oxygen atoms in total. The molecule has 0 saturated heterocycles. The van der Waals surface area contributed by atoms with Gasteiger partial charge in [0.1, 0.15) is 0 Å². The van der Waals surface area contributed by atoms with Crippen molar-refractivity contribution in [3.8, 4) is 50.7 Å². The molecule has 15 aromatic rings. The van der Waals surface area contributed by atoms with Gasteiger partial charge >= 0.3 is 0 Å². The van der Waals surface area contributed by atoms with Gasteiger partial charge in [0, 0.05) is 71.6 Å². The Morgan fingerprint density at radius 1 is 0.273 bits per heavy atom. The zero-order chi connectivity index (χ0) is 50.3. The lowest BCUT2D eigenvalue weighted by Gasteiger charge is -2.39. The van der Waals surface area contributed by atoms with Crippen LogP contribution in [0.25, 0.3) is 116 Å². The first-order valence-corrected chi connectivity index (χ1v) is 27.1. The zero-order valence-electron chi connectivity index (χ0n) is 41.5. The van der Waals surface area contributed by atoms with Gasteiger partial charge in [-0.15, -0.1) is 0 Å². The number of rotatable bonds is 5. The van der Waals surface area contributed by atoms with Crippen molar-refractivity contribution in [3.63, 3.8) is 0 Å². The van der Waals surface area contributed by atoms with E-state index in [-0.39, 0.29) is 0 Å². The topological polar surface area (TPSA) is 40.6 Å². The van der Waals surface area contributed by atoms with Gasteiger partial charge in [0.2, 0.25) is 0 Å². The van der Waals surface area contributed by atoms with Crippen LogP contribution in [0.4, 0.5) is 0 Å². The standard InChI is InChI=1S/C71H43N5S/c1-2-14-48(15-3-1)74-63-24-10-6-18-53(63)55-40-44(26-34-65(55)74)46-28-36-67-59(42-46)71(57-20-12-38-72-69(57)70-58(71)21-13-39-73-70)60-43-47(29-37-68(60)77-67)45-27-35-66-56(41-45)54-19-7-11-25-64(54)76(66)50-32-30-49(31-33-50)75-61-22-8-4-16-51(61)52-17-5-9-23-62(52)75/h1-43H. The maximum atomic E-state index is 5.10. The Labute approximate surface area is 447 Å². The zero-order valence-corrected chi connectivity index (χ0v) is 42.3. The van der Waals surface area contributed by atoms with E-state index >= 15 is 0 Å². The number of benzene rings is 10. The fraction of sp³-hybridized carbons (Fsp3) is 0.0141. The third kappa shape index (κ3) is 5.96. The number of hydrogen-bond donors (Lipinski definition) is 0. The lowest BCUT2D eigenvalue weighted by molar-refractivity contribution is 0.720. The predicted octanol–water partition coefficient (Wildman–Crippen LogP) is 17.9. The van der Waals surface area contributed by atoms with E-state index in [0.29, 0.717) is 0 Å². The van der Waals surface area contributed by atoms with Crippen molar-refractivity contribution in [1.29, 1.82) is 0 Å². The van der Waals surface area contributed by atoms with Gasteiger partial charge < -0.3 is 13.7 Å². The van der Waals surface area contributed by atoms with E-state index in [4.69, 9.17) is 9.97 Å². The van der Waals surface area contributed by atoms with E-state index in [0.717, 1.165) is 39.6 Å². The quantitative estimate of drug-likeness (QED) is 0.172. The highest BCUT2D eigenvalue weighted by molar-refractivity contribution is 7.99. The smallest absolute Gasteiger partial charge is 0.0937 e. The van der Waals surface area contributed by atoms with Gasteiger partial charge in [0.15, 0.2) is 0 Å². The molecule has 0 bridgehead atoms. The summed E-state index contributed by atoms with van der Waals surface area (Å²) < 4.78 is 7.19. The maximum Gasteiger partial charge on any atom is 0.0937 e. The molecule has 2 aliphatic rings. The molecule has 0 N–H and O–H groups in total. The van der Waals surface area contributed by atoms with Gasteiger partial charge in [-0.3, -0.25) is 9.97 Å². The summed E-state index contributed by atoms with van der Waals surface area (Å²) in [5, 5.41) is 7.44. The molecule has 10 aromatic carbocycles. The van der Waals surface area contributed by atoms with E-state index in [1.54, 1.807) is 0 Å². The molecular formula is C71H43N5S. The van der Waals surface area contributed by atoms with Crippen molar-refractivity contribution in [3.05, 3.63) is 283 Å². The van der Waals surface area contributed by atoms with Crippen molar-refractivity contribution >= 4 is 77.2 Å². The van der Waals surface area contributed by atoms with Crippen LogP contribution < -0.4 is 0 Å². The molecule has 77 heavy (non-hydrogen) atoms. The van der Waals surface area contributed by atoms with Crippen LogP contribution in [0.1, 0.15) is 22.3 Å². The number of pyridine rings is 2. The van der Waals surface area contributed by atoms with Crippen LogP contribution in [0, 0.1) is 0 Å². The summed E-state index contributed by atoms with van der Waals surface area (Å²) in [5.41, 5.74) is 21.3. The monoisotopic (exact) mass is 997 g/mol. The molecule has 6 heterocycles. The Morgan fingerprint density at radius 2 is 0.623 bits per heavy atom. The molecule has 0 fully saturated rings. The van der Waals surface area contributed by atoms with Crippen LogP contribution in [0.3, 0.4) is 0 Å². The van der Waals surface area contributed by atoms with Crippen LogP contribution in [-0.4, -0.2) is 23.7 Å². The summed E-state index contributed by atoms with van der Waals surface area (Å²) >= 11 is 1.86. The SMILES string of the molecule is c1ccc(-n2c3ccccc3c3cc(-c4ccc5c(c4)C4(c6cc(-c7ccc8c(c7)c7ccccc7n8-c7ccc(-n8c9ccccc9c9ccccc98)cc7)ccc6S5)c5cccnc5-c5ncccc54)ccc32)cc1. The van der Waals surface area contributed by atoms with Crippen LogP contribution in [0.5, 0.6) is 0 Å². The summed E-state index contributed by atoms with van der Waals surface area (Å²) in [6, 6.07) is 91.8. The molecule has 0 saturated carbocycles. The van der Waals surface area contributed by atoms with Crippen molar-refractivity contribution in [2.45, 2.75) is 15.2 Å². The summed E-state index contributed by atoms with van der Waals surface area (Å²) in [7, 11) is 0. The highest BCUT2D eigenvalue weighted by Gasteiger charge is 2.51. The van der Waals surface area contributed by atoms with E-state index in [9.17, 15) is 0 Å². The summed E-state index contributed by atoms with van der Waals surface area (Å²) in [6.07, 6.45) is 3.82. The summed E-state index contributed by atoms with van der Waals surface area (Å²) in [6.45, 7) is 0. The Morgan fingerprint density at radius 3 is 1.06 bits per heavy atom. The fourth-order valence-corrected chi connectivity index (χ4v) is 14.5. The van der Waals surface area contributed by atoms with Crippen LogP contribution >= 0.6 is 11.8 Å². The Kier molecular flexibility index (Phi) is 8.92. The second kappa shape index (κ2) is 16.1. The van der Waals surface area contributed by atoms with Crippen molar-refractivity contribution in [1.82, 2.24) is 23.7 Å². The number of nitrogens with zero attached hydrogens (tertiary/aromatic N) is 5. The van der Waals surface area contributed by atoms with Crippen molar-refractivity contribution < 1.29 is 0 Å². The molecule has 1 spiro atoms. The molecule has 6 heteroatoms. The molecule has 5 aromatic heterocycles. The minimum atomic E-state index is -0.673. The minimum Gasteiger partial charge on any atom is -0.309 e. The average molecular weight is 998 g/mol. The molecule has 1 aliphatic heterocycles. The van der Waals surface area contributed by atoms with Gasteiger partial charge in [-0.2, -0.15) is 0 Å². The molecule has 0 atom stereocenters. The first-order valence-electron chi connectivity index (χ1n) is 26.3. The molecule has 0 amide bonds. The molecule has 17 rings (SSSR count). The van der Waals surface area contributed by atoms with Crippen LogP contribution in [0.15, 0.2) is 271 Å². The largest absolute Gasteiger partial charge is 0.309 e. The molecule has 0 unspecified atom stereocenters. The number of hydrogen-bond acceptors (Lipinski definition) is 3. The lowest BCUT2D eigenvalue weighted by atomic mass is 9.67. The molecular weight excluding hydrogens is 955 g/mol. The van der Waals surface area contributed by atoms with Gasteiger partial charge in [-0.1, -0.05) is 139 Å². The molecule has 1 aliphatic carbocycles. The highest BCUT2D eigenvalue weighted by Crippen LogP contribution is 2.62. The fourth-order valence-electron chi connectivity index (χ4n) is 13.4. The highest BCUT2D eigenvalue weighted by atomic mass is 32.2. The number of aromatic nitrogens is 5. The molecule has 358 valence electrons. The normalized spacial score (nSPS) is 13.2. The minimum absolute atomic E-state index is 0.673. The first kappa shape index (κ1) is 42.6. The van der Waals surface area contributed by atoms with E-state index in [1.165, 1.54) is 109 Å². The van der Waals surface area contributed by atoms with E-state index in [1.807, 2.05) is 24.2 Å². The first-order chi connectivity index (χ1) is 38.2. The summed E-state index contributed by atoms with van der Waals surface area (Å²) in [5.74, 6) is 0. The van der Waals surface area contributed by atoms with Crippen LogP contribution in [0.2, 0.25) is 0 Å². The Balaban J connectivity index is 0.818. The molecule has 0 radical (unpaired) electrons. The average Bonchev–Trinajstić information content (AvgIpc) is 4.43. The van der Waals surface area contributed by atoms with Gasteiger partial charge in [0.05, 0.1) is 49.9 Å². The van der Waals surface area contributed by atoms with Crippen LogP contribution in [-0.2, 0) is 5.41 Å². The third-order valence-corrected chi connectivity index (χ3v) is 17.8. The Hall–Kier alpha value is -9.75. The Bertz CT molecular complexity index is 4860. The van der Waals surface area contributed by atoms with Gasteiger partial charge in [-0.25, -0.2) is 0 Å². The van der Waals surface area contributed by atoms with E-state index in [2.05, 4.69) is 262 Å². The van der Waals surface area contributed by atoms with Crippen molar-refractivity contribution in [2.75, 3.05) is 0 Å². The number of para-hydroxylation sites is 5.